The Morgan fingerprint density at radius 2 is 2.15 bits per heavy atom. The molecule has 2 amide bonds. The summed E-state index contributed by atoms with van der Waals surface area (Å²) >= 11 is 0. The number of rotatable bonds is 7. The zero-order chi connectivity index (χ0) is 15.0. The van der Waals surface area contributed by atoms with Crippen LogP contribution in [0.5, 0.6) is 0 Å². The summed E-state index contributed by atoms with van der Waals surface area (Å²) in [7, 11) is 1.57. The Bertz CT molecular complexity index is 463. The van der Waals surface area contributed by atoms with Gasteiger partial charge in [-0.25, -0.2) is 0 Å². The van der Waals surface area contributed by atoms with Crippen molar-refractivity contribution in [3.63, 3.8) is 0 Å². The summed E-state index contributed by atoms with van der Waals surface area (Å²) in [4.78, 5) is 27.8. The SMILES string of the molecule is CCC(C)NC(=O)c1cc(C(=O)NCCOC)ccn1. The van der Waals surface area contributed by atoms with Crippen molar-refractivity contribution in [1.29, 1.82) is 0 Å². The molecule has 6 heteroatoms. The molecule has 1 heterocycles. The van der Waals surface area contributed by atoms with Gasteiger partial charge < -0.3 is 15.4 Å². The molecule has 0 bridgehead atoms. The number of pyridine rings is 1. The van der Waals surface area contributed by atoms with Gasteiger partial charge in [0.1, 0.15) is 5.69 Å². The first-order chi connectivity index (χ1) is 9.58. The molecule has 0 aliphatic rings. The van der Waals surface area contributed by atoms with Crippen molar-refractivity contribution in [2.75, 3.05) is 20.3 Å². The largest absolute Gasteiger partial charge is 0.383 e. The fourth-order valence-corrected chi connectivity index (χ4v) is 1.46. The van der Waals surface area contributed by atoms with Gasteiger partial charge in [-0.15, -0.1) is 0 Å². The second-order valence-electron chi connectivity index (χ2n) is 4.46. The van der Waals surface area contributed by atoms with E-state index in [1.807, 2.05) is 13.8 Å². The number of carbonyl (C=O) groups is 2. The van der Waals surface area contributed by atoms with E-state index in [2.05, 4.69) is 15.6 Å². The lowest BCUT2D eigenvalue weighted by molar-refractivity contribution is 0.0934. The molecule has 1 unspecified atom stereocenters. The van der Waals surface area contributed by atoms with Crippen LogP contribution in [0, 0.1) is 0 Å². The van der Waals surface area contributed by atoms with Crippen molar-refractivity contribution < 1.29 is 14.3 Å². The van der Waals surface area contributed by atoms with Crippen molar-refractivity contribution in [2.24, 2.45) is 0 Å². The number of hydrogen-bond acceptors (Lipinski definition) is 4. The van der Waals surface area contributed by atoms with Gasteiger partial charge >= 0.3 is 0 Å². The average Bonchev–Trinajstić information content (AvgIpc) is 2.47. The zero-order valence-corrected chi connectivity index (χ0v) is 12.1. The molecule has 20 heavy (non-hydrogen) atoms. The quantitative estimate of drug-likeness (QED) is 0.729. The number of ether oxygens (including phenoxy) is 1. The Morgan fingerprint density at radius 1 is 1.40 bits per heavy atom. The Labute approximate surface area is 118 Å². The number of amides is 2. The highest BCUT2D eigenvalue weighted by molar-refractivity contribution is 5.98. The van der Waals surface area contributed by atoms with Crippen LogP contribution in [-0.4, -0.2) is 43.1 Å². The van der Waals surface area contributed by atoms with Crippen molar-refractivity contribution in [2.45, 2.75) is 26.3 Å². The molecule has 0 aliphatic heterocycles. The highest BCUT2D eigenvalue weighted by atomic mass is 16.5. The molecule has 2 N–H and O–H groups in total. The fraction of sp³-hybridized carbons (Fsp3) is 0.500. The number of nitrogens with one attached hydrogen (secondary N) is 2. The molecule has 6 nitrogen and oxygen atoms in total. The van der Waals surface area contributed by atoms with Gasteiger partial charge in [-0.3, -0.25) is 14.6 Å². The Hall–Kier alpha value is -1.95. The van der Waals surface area contributed by atoms with Gasteiger partial charge in [-0.2, -0.15) is 0 Å². The smallest absolute Gasteiger partial charge is 0.270 e. The monoisotopic (exact) mass is 279 g/mol. The first-order valence-electron chi connectivity index (χ1n) is 6.62. The predicted octanol–water partition coefficient (Wildman–Crippen LogP) is 0.986. The molecule has 1 rings (SSSR count). The number of methoxy groups -OCH3 is 1. The van der Waals surface area contributed by atoms with E-state index in [0.29, 0.717) is 18.7 Å². The number of aromatic nitrogens is 1. The molecule has 0 radical (unpaired) electrons. The fourth-order valence-electron chi connectivity index (χ4n) is 1.46. The minimum Gasteiger partial charge on any atom is -0.383 e. The van der Waals surface area contributed by atoms with Crippen LogP contribution in [0.15, 0.2) is 18.3 Å². The lowest BCUT2D eigenvalue weighted by atomic mass is 10.2. The van der Waals surface area contributed by atoms with E-state index in [4.69, 9.17) is 4.74 Å². The molecule has 1 aromatic rings. The molecule has 1 aromatic heterocycles. The minimum absolute atomic E-state index is 0.0727. The highest BCUT2D eigenvalue weighted by Crippen LogP contribution is 2.03. The van der Waals surface area contributed by atoms with Crippen molar-refractivity contribution in [1.82, 2.24) is 15.6 Å². The van der Waals surface area contributed by atoms with Crippen LogP contribution in [0.1, 0.15) is 41.1 Å². The Balaban J connectivity index is 2.70. The summed E-state index contributed by atoms with van der Waals surface area (Å²) < 4.78 is 4.85. The van der Waals surface area contributed by atoms with Gasteiger partial charge in [0.15, 0.2) is 0 Å². The van der Waals surface area contributed by atoms with Crippen molar-refractivity contribution >= 4 is 11.8 Å². The van der Waals surface area contributed by atoms with E-state index in [-0.39, 0.29) is 23.6 Å². The Morgan fingerprint density at radius 3 is 2.80 bits per heavy atom. The third-order valence-electron chi connectivity index (χ3n) is 2.84. The number of nitrogens with zero attached hydrogens (tertiary/aromatic N) is 1. The van der Waals surface area contributed by atoms with E-state index in [1.165, 1.54) is 12.3 Å². The predicted molar refractivity (Wildman–Crippen MR) is 75.7 cm³/mol. The minimum atomic E-state index is -0.272. The molecule has 0 saturated carbocycles. The molecule has 0 spiro atoms. The van der Waals surface area contributed by atoms with Gasteiger partial charge in [0.05, 0.1) is 6.61 Å². The van der Waals surface area contributed by atoms with E-state index in [0.717, 1.165) is 6.42 Å². The first kappa shape index (κ1) is 16.1. The lowest BCUT2D eigenvalue weighted by Gasteiger charge is -2.11. The normalized spacial score (nSPS) is 11.8. The standard InChI is InChI=1S/C14H21N3O3/c1-4-10(2)17-14(19)12-9-11(5-6-15-12)13(18)16-7-8-20-3/h5-6,9-10H,4,7-8H2,1-3H3,(H,16,18)(H,17,19). The third-order valence-corrected chi connectivity index (χ3v) is 2.84. The van der Waals surface area contributed by atoms with Crippen LogP contribution in [0.4, 0.5) is 0 Å². The Kier molecular flexibility index (Phi) is 6.66. The van der Waals surface area contributed by atoms with Gasteiger partial charge in [0, 0.05) is 31.5 Å². The third kappa shape index (κ3) is 4.97. The molecule has 110 valence electrons. The van der Waals surface area contributed by atoms with Crippen LogP contribution in [-0.2, 0) is 4.74 Å². The summed E-state index contributed by atoms with van der Waals surface area (Å²) in [6, 6.07) is 3.13. The molecule has 0 saturated heterocycles. The van der Waals surface area contributed by atoms with Gasteiger partial charge in [-0.1, -0.05) is 6.92 Å². The van der Waals surface area contributed by atoms with Crippen LogP contribution in [0.25, 0.3) is 0 Å². The van der Waals surface area contributed by atoms with Crippen LogP contribution >= 0.6 is 0 Å². The molecule has 0 fully saturated rings. The molecular formula is C14H21N3O3. The van der Waals surface area contributed by atoms with E-state index < -0.39 is 0 Å². The molecular weight excluding hydrogens is 258 g/mol. The van der Waals surface area contributed by atoms with Crippen LogP contribution < -0.4 is 10.6 Å². The van der Waals surface area contributed by atoms with E-state index >= 15 is 0 Å². The second-order valence-corrected chi connectivity index (χ2v) is 4.46. The second kappa shape index (κ2) is 8.27. The van der Waals surface area contributed by atoms with E-state index in [9.17, 15) is 9.59 Å². The maximum Gasteiger partial charge on any atom is 0.270 e. The summed E-state index contributed by atoms with van der Waals surface area (Å²) in [5.41, 5.74) is 0.648. The number of hydrogen-bond donors (Lipinski definition) is 2. The van der Waals surface area contributed by atoms with Gasteiger partial charge in [0.25, 0.3) is 11.8 Å². The van der Waals surface area contributed by atoms with Gasteiger partial charge in [0.2, 0.25) is 0 Å². The average molecular weight is 279 g/mol. The van der Waals surface area contributed by atoms with Gasteiger partial charge in [-0.05, 0) is 25.5 Å². The molecule has 1 atom stereocenters. The molecule has 0 aromatic carbocycles. The maximum atomic E-state index is 11.9. The van der Waals surface area contributed by atoms with Crippen molar-refractivity contribution in [3.05, 3.63) is 29.6 Å². The van der Waals surface area contributed by atoms with E-state index in [1.54, 1.807) is 13.2 Å². The van der Waals surface area contributed by atoms with Crippen LogP contribution in [0.3, 0.4) is 0 Å². The molecule has 0 aliphatic carbocycles. The highest BCUT2D eigenvalue weighted by Gasteiger charge is 2.13. The lowest BCUT2D eigenvalue weighted by Crippen LogP contribution is -2.33. The summed E-state index contributed by atoms with van der Waals surface area (Å²) in [5.74, 6) is -0.520. The summed E-state index contributed by atoms with van der Waals surface area (Å²) in [6.45, 7) is 4.77. The zero-order valence-electron chi connectivity index (χ0n) is 12.1. The van der Waals surface area contributed by atoms with Crippen LogP contribution in [0.2, 0.25) is 0 Å². The summed E-state index contributed by atoms with van der Waals surface area (Å²) in [6.07, 6.45) is 2.29. The first-order valence-corrected chi connectivity index (χ1v) is 6.62. The number of carbonyl (C=O) groups excluding carboxylic acids is 2. The summed E-state index contributed by atoms with van der Waals surface area (Å²) in [5, 5.41) is 5.51. The topological polar surface area (TPSA) is 80.3 Å². The maximum absolute atomic E-state index is 11.9. The van der Waals surface area contributed by atoms with Crippen molar-refractivity contribution in [3.8, 4) is 0 Å².